The number of carbonyl (C=O) groups is 16. The number of aryl methyl sites for hydroxylation is 4. The number of nitrogens with zero attached hydrogens (tertiary/aromatic N) is 4. The fourth-order valence-electron chi connectivity index (χ4n) is 11.0. The molecular formula is C58H49F3N8O17. The van der Waals surface area contributed by atoms with Crippen molar-refractivity contribution in [3.8, 4) is 5.75 Å². The zero-order valence-corrected chi connectivity index (χ0v) is 46.1. The molecule has 4 atom stereocenters. The van der Waals surface area contributed by atoms with Gasteiger partial charge in [0.05, 0.1) is 51.6 Å². The minimum absolute atomic E-state index is 0.0148. The molecule has 4 aromatic rings. The van der Waals surface area contributed by atoms with Crippen LogP contribution in [-0.4, -0.2) is 145 Å². The largest absolute Gasteiger partial charge is 0.496 e. The molecule has 86 heavy (non-hydrogen) atoms. The summed E-state index contributed by atoms with van der Waals surface area (Å²) >= 11 is 0. The first-order valence-electron chi connectivity index (χ1n) is 26.5. The Bertz CT molecular complexity index is 3800. The first-order chi connectivity index (χ1) is 40.6. The fourth-order valence-corrected chi connectivity index (χ4v) is 11.0. The fraction of sp³-hybridized carbons (Fsp3) is 0.310. The Labute approximate surface area is 483 Å². The smallest absolute Gasteiger partial charge is 0.264 e. The summed E-state index contributed by atoms with van der Waals surface area (Å²) in [5.74, 6) is -9.47. The number of amides is 16. The average Bonchev–Trinajstić information content (AvgIpc) is 1.68. The van der Waals surface area contributed by atoms with Crippen LogP contribution in [0.1, 0.15) is 168 Å². The molecule has 0 spiro atoms. The third-order valence-electron chi connectivity index (χ3n) is 15.2. The van der Waals surface area contributed by atoms with E-state index in [-0.39, 0.29) is 96.2 Å². The molecule has 4 unspecified atom stereocenters. The van der Waals surface area contributed by atoms with Gasteiger partial charge in [0.25, 0.3) is 53.7 Å². The number of imide groups is 8. The maximum absolute atomic E-state index is 13.6. The second-order valence-electron chi connectivity index (χ2n) is 20.9. The summed E-state index contributed by atoms with van der Waals surface area (Å²) in [5.41, 5.74) is 2.41. The van der Waals surface area contributed by atoms with Gasteiger partial charge >= 0.3 is 0 Å². The second kappa shape index (κ2) is 23.3. The summed E-state index contributed by atoms with van der Waals surface area (Å²) < 4.78 is 45.1. The van der Waals surface area contributed by atoms with Gasteiger partial charge in [-0.25, -0.2) is 13.2 Å². The zero-order chi connectivity index (χ0) is 62.7. The molecule has 0 radical (unpaired) electrons. The number of carbonyl (C=O) groups excluding carboxylic acids is 16. The molecule has 12 rings (SSSR count). The van der Waals surface area contributed by atoms with Crippen LogP contribution in [0.5, 0.6) is 5.75 Å². The molecule has 4 fully saturated rings. The van der Waals surface area contributed by atoms with Crippen molar-refractivity contribution in [1.82, 2.24) is 40.9 Å². The van der Waals surface area contributed by atoms with Gasteiger partial charge in [-0.05, 0) is 119 Å². The minimum atomic E-state index is -2.91. The summed E-state index contributed by atoms with van der Waals surface area (Å²) in [6.45, 7) is 6.62. The molecule has 0 bridgehead atoms. The number of hydrogen-bond acceptors (Lipinski definition) is 17. The average molecular weight is 1190 g/mol. The van der Waals surface area contributed by atoms with E-state index in [0.717, 1.165) is 38.0 Å². The van der Waals surface area contributed by atoms with Gasteiger partial charge in [-0.1, -0.05) is 11.6 Å². The van der Waals surface area contributed by atoms with E-state index in [1.807, 2.05) is 6.92 Å². The quantitative estimate of drug-likeness (QED) is 0.202. The number of ether oxygens (including phenoxy) is 1. The van der Waals surface area contributed by atoms with Gasteiger partial charge in [-0.2, -0.15) is 0 Å². The summed E-state index contributed by atoms with van der Waals surface area (Å²) in [6.07, 6.45) is -2.27. The third-order valence-corrected chi connectivity index (χ3v) is 15.2. The topological polar surface area (TPSA) is 343 Å². The van der Waals surface area contributed by atoms with Gasteiger partial charge in [0.1, 0.15) is 35.7 Å². The van der Waals surface area contributed by atoms with Gasteiger partial charge in [0.2, 0.25) is 47.3 Å². The predicted octanol–water partition coefficient (Wildman–Crippen LogP) is 2.67. The van der Waals surface area contributed by atoms with Crippen LogP contribution < -0.4 is 26.0 Å². The van der Waals surface area contributed by atoms with Crippen LogP contribution in [0.2, 0.25) is 0 Å². The number of hydrogen-bond donors (Lipinski definition) is 4. The van der Waals surface area contributed by atoms with E-state index in [1.54, 1.807) is 38.1 Å². The van der Waals surface area contributed by atoms with Crippen molar-refractivity contribution >= 4 is 94.5 Å². The molecule has 0 aromatic heterocycles. The van der Waals surface area contributed by atoms with Crippen molar-refractivity contribution in [2.45, 2.75) is 110 Å². The Morgan fingerprint density at radius 3 is 1.14 bits per heavy atom. The van der Waals surface area contributed by atoms with Gasteiger partial charge < -0.3 is 4.74 Å². The molecule has 16 amide bonds. The molecule has 4 saturated heterocycles. The van der Waals surface area contributed by atoms with Crippen molar-refractivity contribution in [2.75, 3.05) is 7.11 Å². The lowest BCUT2D eigenvalue weighted by Crippen LogP contribution is -2.54. The van der Waals surface area contributed by atoms with E-state index in [4.69, 9.17) is 4.74 Å². The van der Waals surface area contributed by atoms with Crippen molar-refractivity contribution < 1.29 is 94.6 Å². The predicted molar refractivity (Wildman–Crippen MR) is 283 cm³/mol. The number of benzene rings is 4. The standard InChI is InChI=1S/C15H12F2N2O4.C15H14N2O5.C14H11FN2O4.C14H12N2O4/c1-6-4-7(12(16)17)11-8(5-6)14(22)19(15(11)23)9-2-3-10(20)18-13(9)21;1-7-5-8-9(6-11(7)22-2)15(21)17(14(8)20)10-3-4-12(18)16-13(10)19;1-6-4-7-8(5-9(6)15)14(21)17(13(7)20)10-2-3-11(18)16-12(10)19;1-7-2-3-8-9(6-7)14(20)16(13(8)19)10-4-5-11(17)15-12(10)18/h4-5,9,12H,2-3H2,1H3,(H,18,20,21);5-6,10H,3-4H2,1-2H3,(H,16,18,19);4-5,10H,2-3H2,1H3,(H,16,18,19);2-3,6,10H,4-5H2,1H3,(H,15,17,18). The molecule has 8 aliphatic heterocycles. The van der Waals surface area contributed by atoms with Gasteiger partial charge in [-0.3, -0.25) is 118 Å². The van der Waals surface area contributed by atoms with E-state index in [0.29, 0.717) is 27.3 Å². The Morgan fingerprint density at radius 1 is 0.407 bits per heavy atom. The zero-order valence-electron chi connectivity index (χ0n) is 46.1. The highest BCUT2D eigenvalue weighted by Crippen LogP contribution is 2.37. The molecule has 0 aliphatic carbocycles. The number of fused-ring (bicyclic) bond motifs is 4. The molecule has 8 heterocycles. The number of nitrogens with one attached hydrogen (secondary N) is 4. The lowest BCUT2D eigenvalue weighted by atomic mass is 10.00. The molecular weight excluding hydrogens is 1140 g/mol. The lowest BCUT2D eigenvalue weighted by molar-refractivity contribution is -0.137. The van der Waals surface area contributed by atoms with Crippen LogP contribution in [-0.2, 0) is 38.4 Å². The summed E-state index contributed by atoms with van der Waals surface area (Å²) in [7, 11) is 1.48. The van der Waals surface area contributed by atoms with E-state index < -0.39 is 131 Å². The molecule has 444 valence electrons. The highest BCUT2D eigenvalue weighted by Gasteiger charge is 2.49. The third kappa shape index (κ3) is 10.9. The van der Waals surface area contributed by atoms with E-state index in [1.165, 1.54) is 32.2 Å². The normalized spacial score (nSPS) is 21.4. The van der Waals surface area contributed by atoms with Gasteiger partial charge in [-0.15, -0.1) is 0 Å². The van der Waals surface area contributed by atoms with Gasteiger partial charge in [0.15, 0.2) is 0 Å². The number of methoxy groups -OCH3 is 1. The monoisotopic (exact) mass is 1190 g/mol. The van der Waals surface area contributed by atoms with E-state index >= 15 is 0 Å². The van der Waals surface area contributed by atoms with Crippen LogP contribution in [0.4, 0.5) is 13.2 Å². The highest BCUT2D eigenvalue weighted by atomic mass is 19.3. The number of alkyl halides is 2. The SMILES string of the molecule is COc1cc2c(cc1C)C(=O)N(C1CCC(=O)NC1=O)C2=O.Cc1cc2c(c(C(F)F)c1)C(=O)N(C1CCC(=O)NC1=O)C2=O.Cc1cc2c(cc1F)C(=O)N(C1CCC(=O)NC1=O)C2=O.Cc1ccc2c(c1)C(=O)N(C1CCC(=O)NC1=O)C2=O. The minimum Gasteiger partial charge on any atom is -0.496 e. The maximum Gasteiger partial charge on any atom is 0.264 e. The lowest BCUT2D eigenvalue weighted by Gasteiger charge is -2.27. The first-order valence-corrected chi connectivity index (χ1v) is 26.5. The number of rotatable bonds is 6. The van der Waals surface area contributed by atoms with Crippen LogP contribution in [0.15, 0.2) is 54.6 Å². The highest BCUT2D eigenvalue weighted by molar-refractivity contribution is 6.26. The Morgan fingerprint density at radius 2 is 0.744 bits per heavy atom. The molecule has 28 heteroatoms. The van der Waals surface area contributed by atoms with Gasteiger partial charge in [0, 0.05) is 31.2 Å². The molecule has 0 saturated carbocycles. The Hall–Kier alpha value is -10.4. The van der Waals surface area contributed by atoms with Crippen LogP contribution in [0.25, 0.3) is 0 Å². The van der Waals surface area contributed by atoms with Crippen molar-refractivity contribution in [2.24, 2.45) is 0 Å². The molecule has 4 N–H and O–H groups in total. The maximum atomic E-state index is 13.6. The Balaban J connectivity index is 0.000000137. The summed E-state index contributed by atoms with van der Waals surface area (Å²) in [4.78, 5) is 195. The van der Waals surface area contributed by atoms with E-state index in [9.17, 15) is 89.9 Å². The molecule has 4 aromatic carbocycles. The summed E-state index contributed by atoms with van der Waals surface area (Å²) in [6, 6.07) is 8.86. The summed E-state index contributed by atoms with van der Waals surface area (Å²) in [5, 5.41) is 8.47. The number of halogens is 3. The van der Waals surface area contributed by atoms with Crippen molar-refractivity contribution in [3.05, 3.63) is 133 Å². The van der Waals surface area contributed by atoms with Crippen LogP contribution >= 0.6 is 0 Å². The van der Waals surface area contributed by atoms with Crippen molar-refractivity contribution in [3.63, 3.8) is 0 Å². The number of piperidine rings is 4. The molecule has 25 nitrogen and oxygen atoms in total. The van der Waals surface area contributed by atoms with E-state index in [2.05, 4.69) is 21.3 Å². The first kappa shape index (κ1) is 60.2. The molecule has 8 aliphatic rings. The van der Waals surface area contributed by atoms with Crippen molar-refractivity contribution in [1.29, 1.82) is 0 Å². The van der Waals surface area contributed by atoms with Crippen LogP contribution in [0.3, 0.4) is 0 Å². The Kier molecular flexibility index (Phi) is 16.3. The van der Waals surface area contributed by atoms with Crippen LogP contribution in [0, 0.1) is 33.5 Å². The second-order valence-corrected chi connectivity index (χ2v) is 20.9.